The van der Waals surface area contributed by atoms with Gasteiger partial charge in [-0.3, -0.25) is 9.89 Å². The Morgan fingerprint density at radius 3 is 2.67 bits per heavy atom. The molecule has 1 amide bonds. The van der Waals surface area contributed by atoms with Gasteiger partial charge in [-0.25, -0.2) is 4.98 Å². The standard InChI is InChI=1S/C21H18N4OS/c1-13-6-4-9-15(12-13)20-23-21(25-24-20)27-18(19(22)26)17-11-5-8-14-7-2-3-10-16(14)17/h2-12,18H,1H3,(H2,22,26)(H,23,24,25). The number of carbonyl (C=O) groups is 1. The van der Waals surface area contributed by atoms with Gasteiger partial charge in [-0.2, -0.15) is 0 Å². The number of nitrogens with one attached hydrogen (secondary N) is 1. The number of rotatable bonds is 5. The van der Waals surface area contributed by atoms with Crippen LogP contribution >= 0.6 is 11.8 Å². The topological polar surface area (TPSA) is 84.7 Å². The smallest absolute Gasteiger partial charge is 0.235 e. The minimum absolute atomic E-state index is 0.418. The summed E-state index contributed by atoms with van der Waals surface area (Å²) in [6.07, 6.45) is 0. The Morgan fingerprint density at radius 2 is 1.85 bits per heavy atom. The van der Waals surface area contributed by atoms with E-state index in [1.807, 2.05) is 73.7 Å². The number of thioether (sulfide) groups is 1. The molecular formula is C21H18N4OS. The molecule has 0 spiro atoms. The number of hydrogen-bond donors (Lipinski definition) is 2. The summed E-state index contributed by atoms with van der Waals surface area (Å²) in [7, 11) is 0. The van der Waals surface area contributed by atoms with Crippen molar-refractivity contribution in [2.24, 2.45) is 5.73 Å². The van der Waals surface area contributed by atoms with Crippen LogP contribution in [0.2, 0.25) is 0 Å². The highest BCUT2D eigenvalue weighted by Crippen LogP contribution is 2.37. The summed E-state index contributed by atoms with van der Waals surface area (Å²) < 4.78 is 0. The van der Waals surface area contributed by atoms with E-state index in [2.05, 4.69) is 15.2 Å². The third-order valence-corrected chi connectivity index (χ3v) is 5.46. The first-order chi connectivity index (χ1) is 13.1. The van der Waals surface area contributed by atoms with Gasteiger partial charge in [0.2, 0.25) is 11.1 Å². The maximum Gasteiger partial charge on any atom is 0.235 e. The molecule has 0 fully saturated rings. The van der Waals surface area contributed by atoms with Crippen LogP contribution < -0.4 is 5.73 Å². The van der Waals surface area contributed by atoms with Crippen LogP contribution in [-0.2, 0) is 4.79 Å². The van der Waals surface area contributed by atoms with Crippen molar-refractivity contribution in [1.82, 2.24) is 15.2 Å². The van der Waals surface area contributed by atoms with Gasteiger partial charge in [0.1, 0.15) is 5.25 Å². The van der Waals surface area contributed by atoms with Gasteiger partial charge in [-0.15, -0.1) is 5.10 Å². The molecule has 0 aliphatic carbocycles. The Labute approximate surface area is 161 Å². The van der Waals surface area contributed by atoms with Crippen molar-refractivity contribution in [3.05, 3.63) is 77.9 Å². The lowest BCUT2D eigenvalue weighted by Crippen LogP contribution is -2.19. The zero-order chi connectivity index (χ0) is 18.8. The SMILES string of the molecule is Cc1cccc(-c2nc(SC(C(N)=O)c3cccc4ccccc34)n[nH]2)c1. The van der Waals surface area contributed by atoms with E-state index < -0.39 is 11.2 Å². The maximum absolute atomic E-state index is 12.2. The molecule has 134 valence electrons. The van der Waals surface area contributed by atoms with Crippen molar-refractivity contribution in [1.29, 1.82) is 0 Å². The molecule has 6 heteroatoms. The number of primary amides is 1. The zero-order valence-corrected chi connectivity index (χ0v) is 15.5. The number of aromatic nitrogens is 3. The van der Waals surface area contributed by atoms with E-state index in [1.165, 1.54) is 11.8 Å². The van der Waals surface area contributed by atoms with Crippen LogP contribution in [-0.4, -0.2) is 21.1 Å². The highest BCUT2D eigenvalue weighted by atomic mass is 32.2. The molecule has 0 saturated heterocycles. The number of aromatic amines is 1. The lowest BCUT2D eigenvalue weighted by atomic mass is 10.0. The second-order valence-corrected chi connectivity index (χ2v) is 7.38. The minimum Gasteiger partial charge on any atom is -0.368 e. The highest BCUT2D eigenvalue weighted by Gasteiger charge is 2.23. The second-order valence-electron chi connectivity index (χ2n) is 6.30. The molecule has 0 aliphatic rings. The minimum atomic E-state index is -0.572. The molecule has 1 unspecified atom stereocenters. The van der Waals surface area contributed by atoms with Crippen LogP contribution in [0.25, 0.3) is 22.2 Å². The Bertz CT molecular complexity index is 1120. The van der Waals surface area contributed by atoms with E-state index in [0.29, 0.717) is 11.0 Å². The predicted octanol–water partition coefficient (Wildman–Crippen LogP) is 4.25. The van der Waals surface area contributed by atoms with Crippen LogP contribution in [0.4, 0.5) is 0 Å². The molecule has 0 aliphatic heterocycles. The predicted molar refractivity (Wildman–Crippen MR) is 108 cm³/mol. The fraction of sp³-hybridized carbons (Fsp3) is 0.0952. The zero-order valence-electron chi connectivity index (χ0n) is 14.7. The van der Waals surface area contributed by atoms with Gasteiger partial charge >= 0.3 is 0 Å². The summed E-state index contributed by atoms with van der Waals surface area (Å²) in [5.41, 5.74) is 8.68. The fourth-order valence-electron chi connectivity index (χ4n) is 3.08. The van der Waals surface area contributed by atoms with E-state index >= 15 is 0 Å². The lowest BCUT2D eigenvalue weighted by molar-refractivity contribution is -0.117. The summed E-state index contributed by atoms with van der Waals surface area (Å²) >= 11 is 1.26. The largest absolute Gasteiger partial charge is 0.368 e. The van der Waals surface area contributed by atoms with Crippen LogP contribution in [0, 0.1) is 6.92 Å². The van der Waals surface area contributed by atoms with E-state index in [4.69, 9.17) is 5.73 Å². The number of aryl methyl sites for hydroxylation is 1. The van der Waals surface area contributed by atoms with Crippen LogP contribution in [0.15, 0.2) is 71.9 Å². The van der Waals surface area contributed by atoms with Gasteiger partial charge in [-0.1, -0.05) is 78.0 Å². The number of fused-ring (bicyclic) bond motifs is 1. The van der Waals surface area contributed by atoms with Crippen LogP contribution in [0.1, 0.15) is 16.4 Å². The molecule has 27 heavy (non-hydrogen) atoms. The van der Waals surface area contributed by atoms with Crippen molar-refractivity contribution in [3.63, 3.8) is 0 Å². The molecule has 5 nitrogen and oxygen atoms in total. The molecule has 0 bridgehead atoms. The van der Waals surface area contributed by atoms with Crippen molar-refractivity contribution in [2.75, 3.05) is 0 Å². The normalized spacial score (nSPS) is 12.2. The van der Waals surface area contributed by atoms with E-state index in [9.17, 15) is 4.79 Å². The molecule has 1 atom stereocenters. The van der Waals surface area contributed by atoms with Gasteiger partial charge in [0.05, 0.1) is 0 Å². The van der Waals surface area contributed by atoms with Crippen molar-refractivity contribution >= 4 is 28.4 Å². The molecule has 0 saturated carbocycles. The Balaban J connectivity index is 1.68. The van der Waals surface area contributed by atoms with Gasteiger partial charge in [0, 0.05) is 5.56 Å². The molecule has 4 aromatic rings. The van der Waals surface area contributed by atoms with Crippen molar-refractivity contribution < 1.29 is 4.79 Å². The number of H-pyrrole nitrogens is 1. The quantitative estimate of drug-likeness (QED) is 0.511. The van der Waals surface area contributed by atoms with E-state index in [1.54, 1.807) is 0 Å². The molecule has 4 rings (SSSR count). The summed E-state index contributed by atoms with van der Waals surface area (Å²) in [5.74, 6) is 0.251. The number of hydrogen-bond acceptors (Lipinski definition) is 4. The first-order valence-corrected chi connectivity index (χ1v) is 9.43. The summed E-state index contributed by atoms with van der Waals surface area (Å²) in [6.45, 7) is 2.03. The number of nitrogens with two attached hydrogens (primary N) is 1. The third-order valence-electron chi connectivity index (χ3n) is 4.34. The van der Waals surface area contributed by atoms with Gasteiger partial charge in [0.25, 0.3) is 0 Å². The Morgan fingerprint density at radius 1 is 1.07 bits per heavy atom. The Kier molecular flexibility index (Phi) is 4.64. The van der Waals surface area contributed by atoms with E-state index in [0.717, 1.165) is 27.5 Å². The molecular weight excluding hydrogens is 356 g/mol. The van der Waals surface area contributed by atoms with Crippen LogP contribution in [0.3, 0.4) is 0 Å². The van der Waals surface area contributed by atoms with Gasteiger partial charge in [0.15, 0.2) is 5.82 Å². The summed E-state index contributed by atoms with van der Waals surface area (Å²) in [4.78, 5) is 16.7. The first kappa shape index (κ1) is 17.3. The highest BCUT2D eigenvalue weighted by molar-refractivity contribution is 8.00. The number of nitrogens with zero attached hydrogens (tertiary/aromatic N) is 2. The van der Waals surface area contributed by atoms with Crippen LogP contribution in [0.5, 0.6) is 0 Å². The molecule has 1 heterocycles. The van der Waals surface area contributed by atoms with Gasteiger partial charge < -0.3 is 5.73 Å². The fourth-order valence-corrected chi connectivity index (χ4v) is 3.98. The molecule has 3 aromatic carbocycles. The summed E-state index contributed by atoms with van der Waals surface area (Å²) in [6, 6.07) is 21.8. The Hall–Kier alpha value is -3.12. The maximum atomic E-state index is 12.2. The molecule has 3 N–H and O–H groups in total. The number of amides is 1. The second kappa shape index (κ2) is 7.25. The lowest BCUT2D eigenvalue weighted by Gasteiger charge is -2.14. The van der Waals surface area contributed by atoms with Crippen molar-refractivity contribution in [2.45, 2.75) is 17.3 Å². The third kappa shape index (κ3) is 3.57. The van der Waals surface area contributed by atoms with E-state index in [-0.39, 0.29) is 0 Å². The number of benzene rings is 3. The average molecular weight is 374 g/mol. The first-order valence-electron chi connectivity index (χ1n) is 8.55. The molecule has 1 aromatic heterocycles. The van der Waals surface area contributed by atoms with Crippen molar-refractivity contribution in [3.8, 4) is 11.4 Å². The monoisotopic (exact) mass is 374 g/mol. The average Bonchev–Trinajstić information content (AvgIpc) is 3.14. The molecule has 0 radical (unpaired) electrons. The van der Waals surface area contributed by atoms with Gasteiger partial charge in [-0.05, 0) is 29.3 Å². The summed E-state index contributed by atoms with van der Waals surface area (Å²) in [5, 5.41) is 9.21. The number of carbonyl (C=O) groups excluding carboxylic acids is 1.